The largest absolute Gasteiger partial charge is 1.00 e. The summed E-state index contributed by atoms with van der Waals surface area (Å²) < 4.78 is 5.31. The summed E-state index contributed by atoms with van der Waals surface area (Å²) in [5, 5.41) is 17.3. The molecule has 0 spiro atoms. The molecule has 0 bridgehead atoms. The molecule has 1 rings (SSSR count). The number of aliphatic hydroxyl groups is 2. The molecule has 0 heterocycles. The summed E-state index contributed by atoms with van der Waals surface area (Å²) in [6.45, 7) is 2.62. The van der Waals surface area contributed by atoms with Crippen LogP contribution in [0.3, 0.4) is 0 Å². The van der Waals surface area contributed by atoms with Crippen molar-refractivity contribution in [1.82, 2.24) is 0 Å². The molecule has 0 saturated carbocycles. The molecule has 2 N–H and O–H groups in total. The maximum Gasteiger partial charge on any atom is 1.00 e. The Labute approximate surface area is 118 Å². The van der Waals surface area contributed by atoms with E-state index in [2.05, 4.69) is 0 Å². The van der Waals surface area contributed by atoms with Crippen molar-refractivity contribution in [3.8, 4) is 5.75 Å². The number of rotatable bonds is 5. The average molecular weight is 234 g/mol. The van der Waals surface area contributed by atoms with Crippen LogP contribution in [0.15, 0.2) is 24.3 Å². The smallest absolute Gasteiger partial charge is 1.00 e. The Morgan fingerprint density at radius 2 is 1.94 bits per heavy atom. The molecule has 0 amide bonds. The molecule has 0 radical (unpaired) electrons. The predicted molar refractivity (Wildman–Crippen MR) is 55.9 cm³/mol. The van der Waals surface area contributed by atoms with Gasteiger partial charge in [-0.2, -0.15) is 0 Å². The Hall–Kier alpha value is -0.390. The third-order valence-electron chi connectivity index (χ3n) is 1.85. The first-order chi connectivity index (χ1) is 7.15. The van der Waals surface area contributed by atoms with Gasteiger partial charge in [-0.15, -0.1) is 0 Å². The third kappa shape index (κ3) is 4.63. The van der Waals surface area contributed by atoms with Crippen LogP contribution in [-0.4, -0.2) is 28.9 Å². The van der Waals surface area contributed by atoms with Crippen LogP contribution in [0.4, 0.5) is 0 Å². The van der Waals surface area contributed by atoms with E-state index >= 15 is 0 Å². The Bertz CT molecular complexity index is 327. The summed E-state index contributed by atoms with van der Waals surface area (Å²) in [6.07, 6.45) is -1.04. The van der Waals surface area contributed by atoms with E-state index in [1.165, 1.54) is 12.1 Å². The SMILES string of the molecule is CCCOc1ccc(C(=O)C(O)O)cc1.[H-].[Na+]. The van der Waals surface area contributed by atoms with Crippen LogP contribution < -0.4 is 34.3 Å². The molecule has 0 aromatic heterocycles. The first-order valence-electron chi connectivity index (χ1n) is 4.78. The minimum Gasteiger partial charge on any atom is -1.00 e. The van der Waals surface area contributed by atoms with Gasteiger partial charge in [0.1, 0.15) is 5.75 Å². The zero-order chi connectivity index (χ0) is 11.3. The zero-order valence-electron chi connectivity index (χ0n) is 10.5. The van der Waals surface area contributed by atoms with E-state index in [-0.39, 0.29) is 36.5 Å². The summed E-state index contributed by atoms with van der Waals surface area (Å²) in [6, 6.07) is 6.27. The fraction of sp³-hybridized carbons (Fsp3) is 0.364. The number of Topliss-reactive ketones (excluding diaryl/α,β-unsaturated/α-hetero) is 1. The molecule has 5 heteroatoms. The van der Waals surface area contributed by atoms with E-state index in [0.717, 1.165) is 6.42 Å². The van der Waals surface area contributed by atoms with Gasteiger partial charge in [0, 0.05) is 5.56 Å². The van der Waals surface area contributed by atoms with E-state index < -0.39 is 12.1 Å². The molecule has 84 valence electrons. The quantitative estimate of drug-likeness (QED) is 0.354. The topological polar surface area (TPSA) is 66.8 Å². The van der Waals surface area contributed by atoms with Crippen molar-refractivity contribution in [3.05, 3.63) is 29.8 Å². The van der Waals surface area contributed by atoms with Gasteiger partial charge in [-0.1, -0.05) is 6.92 Å². The summed E-state index contributed by atoms with van der Waals surface area (Å²) in [5.74, 6) is -0.0436. The standard InChI is InChI=1S/C11H14O4.Na.H/c1-2-7-15-9-5-3-8(4-6-9)10(12)11(13)14;;/h3-6,11,13-14H,2,7H2,1H3;;/q;+1;-1. The van der Waals surface area contributed by atoms with E-state index in [1.54, 1.807) is 12.1 Å². The number of benzene rings is 1. The number of carbonyl (C=O) groups is 1. The summed E-state index contributed by atoms with van der Waals surface area (Å²) in [5.41, 5.74) is 0.258. The molecule has 0 saturated heterocycles. The van der Waals surface area contributed by atoms with E-state index in [4.69, 9.17) is 14.9 Å². The number of ketones is 1. The van der Waals surface area contributed by atoms with Gasteiger partial charge >= 0.3 is 29.6 Å². The van der Waals surface area contributed by atoms with Crippen molar-refractivity contribution in [2.24, 2.45) is 0 Å². The van der Waals surface area contributed by atoms with Gasteiger partial charge in [0.25, 0.3) is 0 Å². The van der Waals surface area contributed by atoms with Crippen LogP contribution in [0, 0.1) is 0 Å². The van der Waals surface area contributed by atoms with Gasteiger partial charge in [-0.25, -0.2) is 0 Å². The second-order valence-electron chi connectivity index (χ2n) is 3.11. The molecule has 0 unspecified atom stereocenters. The van der Waals surface area contributed by atoms with Crippen LogP contribution in [0.25, 0.3) is 0 Å². The van der Waals surface area contributed by atoms with Crippen molar-refractivity contribution in [2.75, 3.05) is 6.61 Å². The predicted octanol–water partition coefficient (Wildman–Crippen LogP) is -1.91. The van der Waals surface area contributed by atoms with Crippen molar-refractivity contribution < 1.29 is 50.7 Å². The second kappa shape index (κ2) is 7.81. The Morgan fingerprint density at radius 1 is 1.38 bits per heavy atom. The van der Waals surface area contributed by atoms with Crippen LogP contribution in [0.5, 0.6) is 5.75 Å². The summed E-state index contributed by atoms with van der Waals surface area (Å²) >= 11 is 0. The van der Waals surface area contributed by atoms with E-state index in [1.807, 2.05) is 6.92 Å². The number of ether oxygens (including phenoxy) is 1. The van der Waals surface area contributed by atoms with Gasteiger partial charge in [0.2, 0.25) is 12.1 Å². The molecule has 16 heavy (non-hydrogen) atoms. The number of hydrogen-bond acceptors (Lipinski definition) is 4. The fourth-order valence-corrected chi connectivity index (χ4v) is 1.08. The molecule has 0 aliphatic carbocycles. The Kier molecular flexibility index (Phi) is 7.62. The van der Waals surface area contributed by atoms with Gasteiger partial charge in [-0.05, 0) is 30.7 Å². The first-order valence-corrected chi connectivity index (χ1v) is 4.78. The minimum atomic E-state index is -1.95. The third-order valence-corrected chi connectivity index (χ3v) is 1.85. The summed E-state index contributed by atoms with van der Waals surface area (Å²) in [7, 11) is 0. The van der Waals surface area contributed by atoms with E-state index in [0.29, 0.717) is 12.4 Å². The molecule has 0 atom stereocenters. The molecular formula is C11H15NaO4. The van der Waals surface area contributed by atoms with Crippen LogP contribution in [0.1, 0.15) is 25.1 Å². The number of hydrogen-bond donors (Lipinski definition) is 2. The fourth-order valence-electron chi connectivity index (χ4n) is 1.08. The normalized spacial score (nSPS) is 9.75. The molecule has 4 nitrogen and oxygen atoms in total. The Balaban J connectivity index is 0. The van der Waals surface area contributed by atoms with Crippen molar-refractivity contribution in [1.29, 1.82) is 0 Å². The number of carbonyl (C=O) groups excluding carboxylic acids is 1. The van der Waals surface area contributed by atoms with Gasteiger partial charge in [0.15, 0.2) is 0 Å². The minimum absolute atomic E-state index is 0. The average Bonchev–Trinajstić information content (AvgIpc) is 2.26. The maximum absolute atomic E-state index is 11.1. The molecular weight excluding hydrogens is 219 g/mol. The molecule has 1 aromatic rings. The van der Waals surface area contributed by atoms with Crippen LogP contribution >= 0.6 is 0 Å². The second-order valence-corrected chi connectivity index (χ2v) is 3.11. The first kappa shape index (κ1) is 15.6. The Morgan fingerprint density at radius 3 is 2.38 bits per heavy atom. The molecule has 0 aliphatic heterocycles. The molecule has 1 aromatic carbocycles. The van der Waals surface area contributed by atoms with Gasteiger partial charge in [-0.3, -0.25) is 4.79 Å². The van der Waals surface area contributed by atoms with E-state index in [9.17, 15) is 4.79 Å². The zero-order valence-corrected chi connectivity index (χ0v) is 11.5. The monoisotopic (exact) mass is 234 g/mol. The maximum atomic E-state index is 11.1. The van der Waals surface area contributed by atoms with Gasteiger partial charge in [0.05, 0.1) is 6.61 Å². The van der Waals surface area contributed by atoms with Crippen molar-refractivity contribution >= 4 is 5.78 Å². The summed E-state index contributed by atoms with van der Waals surface area (Å²) in [4.78, 5) is 11.1. The van der Waals surface area contributed by atoms with Crippen LogP contribution in [0.2, 0.25) is 0 Å². The van der Waals surface area contributed by atoms with Gasteiger partial charge < -0.3 is 16.4 Å². The van der Waals surface area contributed by atoms with Crippen molar-refractivity contribution in [3.63, 3.8) is 0 Å². The van der Waals surface area contributed by atoms with Crippen LogP contribution in [-0.2, 0) is 0 Å². The molecule has 0 aliphatic rings. The van der Waals surface area contributed by atoms with Crippen molar-refractivity contribution in [2.45, 2.75) is 19.6 Å². The molecule has 0 fully saturated rings. The number of aliphatic hydroxyl groups excluding tert-OH is 1.